The Labute approximate surface area is 129 Å². The van der Waals surface area contributed by atoms with Gasteiger partial charge in [-0.05, 0) is 19.1 Å². The van der Waals surface area contributed by atoms with E-state index in [9.17, 15) is 0 Å². The van der Waals surface area contributed by atoms with Gasteiger partial charge in [0.05, 0.1) is 24.1 Å². The van der Waals surface area contributed by atoms with Crippen molar-refractivity contribution in [1.29, 1.82) is 0 Å². The number of aryl methyl sites for hydroxylation is 1. The van der Waals surface area contributed by atoms with Crippen LogP contribution in [0.1, 0.15) is 22.5 Å². The molecule has 3 heterocycles. The number of aromatic nitrogens is 4. The summed E-state index contributed by atoms with van der Waals surface area (Å²) in [7, 11) is 0. The third-order valence-electron chi connectivity index (χ3n) is 4.20. The minimum absolute atomic E-state index is 0.781. The van der Waals surface area contributed by atoms with Crippen molar-refractivity contribution in [2.45, 2.75) is 26.4 Å². The summed E-state index contributed by atoms with van der Waals surface area (Å²) in [4.78, 5) is 0. The Bertz CT molecular complexity index is 785. The summed E-state index contributed by atoms with van der Waals surface area (Å²) in [6.45, 7) is 4.84. The quantitative estimate of drug-likeness (QED) is 0.804. The number of para-hydroxylation sites is 1. The van der Waals surface area contributed by atoms with Gasteiger partial charge in [0.1, 0.15) is 0 Å². The Morgan fingerprint density at radius 2 is 2.09 bits per heavy atom. The molecule has 1 N–H and O–H groups in total. The number of hydrogen-bond acceptors (Lipinski definition) is 3. The maximum Gasteiger partial charge on any atom is 0.0693 e. The van der Waals surface area contributed by atoms with Gasteiger partial charge in [0.15, 0.2) is 0 Å². The molecule has 1 aliphatic heterocycles. The van der Waals surface area contributed by atoms with Gasteiger partial charge in [-0.2, -0.15) is 10.2 Å². The third-order valence-corrected chi connectivity index (χ3v) is 4.20. The number of nitrogens with zero attached hydrogens (tertiary/aromatic N) is 4. The highest BCUT2D eigenvalue weighted by Gasteiger charge is 2.18. The third kappa shape index (κ3) is 2.33. The second-order valence-electron chi connectivity index (χ2n) is 5.72. The van der Waals surface area contributed by atoms with Crippen molar-refractivity contribution in [2.75, 3.05) is 6.54 Å². The minimum Gasteiger partial charge on any atom is -0.312 e. The number of rotatable bonds is 3. The highest BCUT2D eigenvalue weighted by molar-refractivity contribution is 5.32. The molecule has 0 unspecified atom stereocenters. The van der Waals surface area contributed by atoms with E-state index in [-0.39, 0.29) is 0 Å². The van der Waals surface area contributed by atoms with E-state index in [4.69, 9.17) is 5.10 Å². The topological polar surface area (TPSA) is 47.7 Å². The maximum absolute atomic E-state index is 4.71. The van der Waals surface area contributed by atoms with Crippen molar-refractivity contribution in [2.24, 2.45) is 0 Å². The number of fused-ring (bicyclic) bond motifs is 1. The first kappa shape index (κ1) is 13.3. The highest BCUT2D eigenvalue weighted by Crippen LogP contribution is 2.19. The summed E-state index contributed by atoms with van der Waals surface area (Å²) in [5.41, 5.74) is 6.12. The summed E-state index contributed by atoms with van der Waals surface area (Å²) >= 11 is 0. The molecule has 5 nitrogen and oxygen atoms in total. The van der Waals surface area contributed by atoms with Crippen molar-refractivity contribution in [3.8, 4) is 5.69 Å². The molecule has 1 aliphatic rings. The normalized spacial score (nSPS) is 14.0. The van der Waals surface area contributed by atoms with Gasteiger partial charge in [-0.1, -0.05) is 18.2 Å². The van der Waals surface area contributed by atoms with E-state index in [0.29, 0.717) is 0 Å². The lowest BCUT2D eigenvalue weighted by atomic mass is 10.1. The average Bonchev–Trinajstić information content (AvgIpc) is 3.15. The Morgan fingerprint density at radius 1 is 1.23 bits per heavy atom. The molecule has 0 aliphatic carbocycles. The van der Waals surface area contributed by atoms with E-state index in [1.54, 1.807) is 0 Å². The molecule has 0 atom stereocenters. The molecule has 0 saturated carbocycles. The molecular formula is C17H19N5. The van der Waals surface area contributed by atoms with E-state index >= 15 is 0 Å². The predicted molar refractivity (Wildman–Crippen MR) is 85.0 cm³/mol. The van der Waals surface area contributed by atoms with Gasteiger partial charge in [0, 0.05) is 42.5 Å². The molecule has 0 amide bonds. The van der Waals surface area contributed by atoms with Crippen LogP contribution in [0.2, 0.25) is 0 Å². The molecule has 0 bridgehead atoms. The minimum atomic E-state index is 0.781. The zero-order valence-corrected chi connectivity index (χ0v) is 12.7. The van der Waals surface area contributed by atoms with Crippen LogP contribution in [0, 0.1) is 6.92 Å². The predicted octanol–water partition coefficient (Wildman–Crippen LogP) is 2.07. The molecule has 0 spiro atoms. The van der Waals surface area contributed by atoms with Crippen LogP contribution >= 0.6 is 0 Å². The highest BCUT2D eigenvalue weighted by atomic mass is 15.3. The molecule has 22 heavy (non-hydrogen) atoms. The fraction of sp³-hybridized carbons (Fsp3) is 0.294. The molecular weight excluding hydrogens is 274 g/mol. The van der Waals surface area contributed by atoms with Gasteiger partial charge < -0.3 is 5.32 Å². The van der Waals surface area contributed by atoms with Crippen LogP contribution in [-0.4, -0.2) is 26.1 Å². The first-order chi connectivity index (χ1) is 10.8. The summed E-state index contributed by atoms with van der Waals surface area (Å²) in [5.74, 6) is 0. The van der Waals surface area contributed by atoms with Crippen LogP contribution in [-0.2, 0) is 19.5 Å². The lowest BCUT2D eigenvalue weighted by Crippen LogP contribution is -2.25. The van der Waals surface area contributed by atoms with Gasteiger partial charge in [-0.15, -0.1) is 0 Å². The van der Waals surface area contributed by atoms with E-state index in [1.165, 1.54) is 16.8 Å². The molecule has 5 heteroatoms. The summed E-state index contributed by atoms with van der Waals surface area (Å²) in [6, 6.07) is 10.2. The summed E-state index contributed by atoms with van der Waals surface area (Å²) in [6.07, 6.45) is 5.06. The zero-order chi connectivity index (χ0) is 14.9. The van der Waals surface area contributed by atoms with Crippen molar-refractivity contribution >= 4 is 0 Å². The number of benzene rings is 1. The van der Waals surface area contributed by atoms with Crippen molar-refractivity contribution < 1.29 is 0 Å². The Hall–Kier alpha value is -2.40. The number of nitrogens with one attached hydrogen (secondary N) is 1. The molecule has 4 rings (SSSR count). The summed E-state index contributed by atoms with van der Waals surface area (Å²) in [5, 5.41) is 12.6. The Morgan fingerprint density at radius 3 is 2.95 bits per heavy atom. The molecule has 0 fully saturated rings. The van der Waals surface area contributed by atoms with Gasteiger partial charge in [0.25, 0.3) is 0 Å². The lowest BCUT2D eigenvalue weighted by Gasteiger charge is -2.15. The fourth-order valence-electron chi connectivity index (χ4n) is 3.06. The van der Waals surface area contributed by atoms with E-state index in [0.717, 1.165) is 37.4 Å². The second kappa shape index (κ2) is 5.42. The standard InChI is InChI=1S/C17H19N5/c1-13-16-10-18-8-7-17(16)22(20-13)12-14-9-19-21(11-14)15-5-3-2-4-6-15/h2-6,9,11,18H,7-8,10,12H2,1H3. The van der Waals surface area contributed by atoms with E-state index < -0.39 is 0 Å². The van der Waals surface area contributed by atoms with Gasteiger partial charge in [-0.25, -0.2) is 4.68 Å². The Kier molecular flexibility index (Phi) is 3.27. The van der Waals surface area contributed by atoms with Crippen LogP contribution in [0.4, 0.5) is 0 Å². The van der Waals surface area contributed by atoms with Gasteiger partial charge in [-0.3, -0.25) is 4.68 Å². The van der Waals surface area contributed by atoms with Crippen LogP contribution < -0.4 is 5.32 Å². The van der Waals surface area contributed by atoms with Crippen molar-refractivity contribution in [3.05, 3.63) is 65.2 Å². The summed E-state index contributed by atoms with van der Waals surface area (Å²) < 4.78 is 4.05. The number of hydrogen-bond donors (Lipinski definition) is 1. The SMILES string of the molecule is Cc1nn(Cc2cnn(-c3ccccc3)c2)c2c1CNCC2. The average molecular weight is 293 g/mol. The smallest absolute Gasteiger partial charge is 0.0693 e. The monoisotopic (exact) mass is 293 g/mol. The first-order valence-electron chi connectivity index (χ1n) is 7.66. The molecule has 3 aromatic rings. The largest absolute Gasteiger partial charge is 0.312 e. The molecule has 2 aromatic heterocycles. The van der Waals surface area contributed by atoms with Crippen LogP contribution in [0.3, 0.4) is 0 Å². The lowest BCUT2D eigenvalue weighted by molar-refractivity contribution is 0.582. The van der Waals surface area contributed by atoms with Crippen LogP contribution in [0.5, 0.6) is 0 Å². The van der Waals surface area contributed by atoms with E-state index in [1.807, 2.05) is 29.1 Å². The van der Waals surface area contributed by atoms with Crippen LogP contribution in [0.25, 0.3) is 5.69 Å². The molecule has 0 radical (unpaired) electrons. The molecule has 112 valence electrons. The first-order valence-corrected chi connectivity index (χ1v) is 7.66. The maximum atomic E-state index is 4.71. The molecule has 0 saturated heterocycles. The van der Waals surface area contributed by atoms with Gasteiger partial charge in [0.2, 0.25) is 0 Å². The fourth-order valence-corrected chi connectivity index (χ4v) is 3.06. The van der Waals surface area contributed by atoms with Crippen molar-refractivity contribution in [1.82, 2.24) is 24.9 Å². The second-order valence-corrected chi connectivity index (χ2v) is 5.72. The van der Waals surface area contributed by atoms with Crippen molar-refractivity contribution in [3.63, 3.8) is 0 Å². The Balaban J connectivity index is 1.61. The van der Waals surface area contributed by atoms with E-state index in [2.05, 4.69) is 40.4 Å². The zero-order valence-electron chi connectivity index (χ0n) is 12.7. The van der Waals surface area contributed by atoms with Gasteiger partial charge >= 0.3 is 0 Å². The van der Waals surface area contributed by atoms with Crippen LogP contribution in [0.15, 0.2) is 42.7 Å². The molecule has 1 aromatic carbocycles.